The maximum atomic E-state index is 11.4. The van der Waals surface area contributed by atoms with Gasteiger partial charge in [-0.05, 0) is 31.1 Å². The Morgan fingerprint density at radius 2 is 2.29 bits per heavy atom. The first kappa shape index (κ1) is 11.8. The van der Waals surface area contributed by atoms with E-state index in [1.165, 1.54) is 6.42 Å². The largest absolute Gasteiger partial charge is 0.353 e. The number of carbonyl (C=O) groups is 1. The summed E-state index contributed by atoms with van der Waals surface area (Å²) < 4.78 is 0. The first-order chi connectivity index (χ1) is 6.53. The number of hydrogen-bond donors (Lipinski definition) is 1. The predicted octanol–water partition coefficient (Wildman–Crippen LogP) is 2.70. The monoisotopic (exact) mass is 217 g/mol. The molecule has 0 aromatic heterocycles. The van der Waals surface area contributed by atoms with Crippen molar-refractivity contribution in [2.24, 2.45) is 5.41 Å². The summed E-state index contributed by atoms with van der Waals surface area (Å²) in [7, 11) is 0. The first-order valence-corrected chi connectivity index (χ1v) is 5.92. The Kier molecular flexibility index (Phi) is 4.24. The van der Waals surface area contributed by atoms with Crippen molar-refractivity contribution in [3.05, 3.63) is 0 Å². The fraction of sp³-hybridized carbons (Fsp3) is 0.909. The zero-order valence-corrected chi connectivity index (χ0v) is 9.86. The Hall–Kier alpha value is -0.240. The third-order valence-corrected chi connectivity index (χ3v) is 3.14. The van der Waals surface area contributed by atoms with Crippen LogP contribution < -0.4 is 5.32 Å². The molecule has 1 rings (SSSR count). The SMILES string of the molecule is CC1(C)CCC(NC(=O)CCCCl)C1. The molecule has 0 radical (unpaired) electrons. The van der Waals surface area contributed by atoms with Crippen LogP contribution in [0.1, 0.15) is 46.0 Å². The second-order valence-corrected chi connectivity index (χ2v) is 5.34. The average molecular weight is 218 g/mol. The van der Waals surface area contributed by atoms with E-state index in [1.54, 1.807) is 0 Å². The summed E-state index contributed by atoms with van der Waals surface area (Å²) in [5.74, 6) is 0.734. The predicted molar refractivity (Wildman–Crippen MR) is 59.5 cm³/mol. The average Bonchev–Trinajstić information content (AvgIpc) is 2.42. The van der Waals surface area contributed by atoms with Gasteiger partial charge in [-0.3, -0.25) is 4.79 Å². The van der Waals surface area contributed by atoms with E-state index in [0.717, 1.165) is 19.3 Å². The molecule has 1 fully saturated rings. The molecule has 0 spiro atoms. The van der Waals surface area contributed by atoms with Crippen molar-refractivity contribution in [2.45, 2.75) is 52.0 Å². The number of carbonyl (C=O) groups excluding carboxylic acids is 1. The summed E-state index contributed by atoms with van der Waals surface area (Å²) in [6.07, 6.45) is 4.80. The van der Waals surface area contributed by atoms with Crippen LogP contribution in [0.3, 0.4) is 0 Å². The number of rotatable bonds is 4. The van der Waals surface area contributed by atoms with E-state index in [9.17, 15) is 4.79 Å². The second-order valence-electron chi connectivity index (χ2n) is 4.96. The van der Waals surface area contributed by atoms with Crippen LogP contribution in [-0.2, 0) is 4.79 Å². The van der Waals surface area contributed by atoms with Crippen molar-refractivity contribution in [1.82, 2.24) is 5.32 Å². The molecule has 3 heteroatoms. The Morgan fingerprint density at radius 3 is 2.79 bits per heavy atom. The Morgan fingerprint density at radius 1 is 1.57 bits per heavy atom. The van der Waals surface area contributed by atoms with E-state index in [2.05, 4.69) is 19.2 Å². The molecule has 0 aliphatic heterocycles. The normalized spacial score (nSPS) is 24.9. The van der Waals surface area contributed by atoms with Gasteiger partial charge in [0, 0.05) is 18.3 Å². The van der Waals surface area contributed by atoms with Gasteiger partial charge in [0.15, 0.2) is 0 Å². The van der Waals surface area contributed by atoms with Crippen LogP contribution in [0.2, 0.25) is 0 Å². The highest BCUT2D eigenvalue weighted by Crippen LogP contribution is 2.36. The van der Waals surface area contributed by atoms with Crippen LogP contribution in [-0.4, -0.2) is 17.8 Å². The highest BCUT2D eigenvalue weighted by molar-refractivity contribution is 6.17. The second kappa shape index (κ2) is 5.01. The van der Waals surface area contributed by atoms with E-state index in [4.69, 9.17) is 11.6 Å². The summed E-state index contributed by atoms with van der Waals surface area (Å²) in [4.78, 5) is 11.4. The summed E-state index contributed by atoms with van der Waals surface area (Å²) >= 11 is 5.53. The third-order valence-electron chi connectivity index (χ3n) is 2.87. The number of halogens is 1. The summed E-state index contributed by atoms with van der Waals surface area (Å²) in [6, 6.07) is 0.396. The number of nitrogens with one attached hydrogen (secondary N) is 1. The van der Waals surface area contributed by atoms with Crippen molar-refractivity contribution in [3.8, 4) is 0 Å². The van der Waals surface area contributed by atoms with E-state index < -0.39 is 0 Å². The molecule has 82 valence electrons. The number of amides is 1. The zero-order valence-electron chi connectivity index (χ0n) is 9.11. The van der Waals surface area contributed by atoms with Gasteiger partial charge >= 0.3 is 0 Å². The Balaban J connectivity index is 2.22. The molecule has 1 aliphatic rings. The zero-order chi connectivity index (χ0) is 10.6. The molecule has 2 nitrogen and oxygen atoms in total. The van der Waals surface area contributed by atoms with E-state index in [0.29, 0.717) is 23.8 Å². The van der Waals surface area contributed by atoms with Gasteiger partial charge in [-0.25, -0.2) is 0 Å². The van der Waals surface area contributed by atoms with Crippen molar-refractivity contribution in [3.63, 3.8) is 0 Å². The molecule has 1 aliphatic carbocycles. The van der Waals surface area contributed by atoms with Crippen molar-refractivity contribution >= 4 is 17.5 Å². The minimum absolute atomic E-state index is 0.161. The maximum absolute atomic E-state index is 11.4. The summed E-state index contributed by atoms with van der Waals surface area (Å²) in [6.45, 7) is 4.52. The molecule has 1 amide bonds. The molecule has 0 aromatic rings. The van der Waals surface area contributed by atoms with Crippen molar-refractivity contribution in [1.29, 1.82) is 0 Å². The van der Waals surface area contributed by atoms with Gasteiger partial charge in [-0.1, -0.05) is 13.8 Å². The van der Waals surface area contributed by atoms with Gasteiger partial charge in [0.25, 0.3) is 0 Å². The minimum atomic E-state index is 0.161. The van der Waals surface area contributed by atoms with E-state index >= 15 is 0 Å². The molecule has 0 saturated heterocycles. The smallest absolute Gasteiger partial charge is 0.220 e. The number of hydrogen-bond acceptors (Lipinski definition) is 1. The fourth-order valence-corrected chi connectivity index (χ4v) is 2.22. The fourth-order valence-electron chi connectivity index (χ4n) is 2.09. The van der Waals surface area contributed by atoms with Gasteiger partial charge in [0.2, 0.25) is 5.91 Å². The van der Waals surface area contributed by atoms with Crippen molar-refractivity contribution in [2.75, 3.05) is 5.88 Å². The van der Waals surface area contributed by atoms with Gasteiger partial charge in [-0.15, -0.1) is 11.6 Å². The Bertz CT molecular complexity index is 203. The van der Waals surface area contributed by atoms with E-state index in [1.807, 2.05) is 0 Å². The summed E-state index contributed by atoms with van der Waals surface area (Å²) in [5, 5.41) is 3.07. The standard InChI is InChI=1S/C11H20ClNO/c1-11(2)6-5-9(8-11)13-10(14)4-3-7-12/h9H,3-8H2,1-2H3,(H,13,14). The quantitative estimate of drug-likeness (QED) is 0.721. The van der Waals surface area contributed by atoms with Crippen LogP contribution in [0.4, 0.5) is 0 Å². The molecule has 1 saturated carbocycles. The molecule has 1 atom stereocenters. The minimum Gasteiger partial charge on any atom is -0.353 e. The molecule has 1 N–H and O–H groups in total. The number of alkyl halides is 1. The highest BCUT2D eigenvalue weighted by atomic mass is 35.5. The molecule has 1 unspecified atom stereocenters. The lowest BCUT2D eigenvalue weighted by molar-refractivity contribution is -0.121. The molecule has 0 bridgehead atoms. The lowest BCUT2D eigenvalue weighted by Gasteiger charge is -2.17. The first-order valence-electron chi connectivity index (χ1n) is 5.39. The van der Waals surface area contributed by atoms with E-state index in [-0.39, 0.29) is 5.91 Å². The Labute approximate surface area is 91.4 Å². The topological polar surface area (TPSA) is 29.1 Å². The van der Waals surface area contributed by atoms with Crippen LogP contribution in [0.25, 0.3) is 0 Å². The third kappa shape index (κ3) is 3.87. The van der Waals surface area contributed by atoms with Gasteiger partial charge in [0.05, 0.1) is 0 Å². The molecular weight excluding hydrogens is 198 g/mol. The maximum Gasteiger partial charge on any atom is 0.220 e. The van der Waals surface area contributed by atoms with Gasteiger partial charge in [-0.2, -0.15) is 0 Å². The molecular formula is C11H20ClNO. The summed E-state index contributed by atoms with van der Waals surface area (Å²) in [5.41, 5.74) is 0.407. The lowest BCUT2D eigenvalue weighted by Crippen LogP contribution is -2.33. The lowest BCUT2D eigenvalue weighted by atomic mass is 9.92. The van der Waals surface area contributed by atoms with Crippen LogP contribution in [0, 0.1) is 5.41 Å². The van der Waals surface area contributed by atoms with Crippen LogP contribution in [0.15, 0.2) is 0 Å². The van der Waals surface area contributed by atoms with Gasteiger partial charge in [0.1, 0.15) is 0 Å². The van der Waals surface area contributed by atoms with Crippen LogP contribution in [0.5, 0.6) is 0 Å². The molecule has 0 aromatic carbocycles. The molecule has 0 heterocycles. The van der Waals surface area contributed by atoms with Crippen molar-refractivity contribution < 1.29 is 4.79 Å². The van der Waals surface area contributed by atoms with Gasteiger partial charge < -0.3 is 5.32 Å². The highest BCUT2D eigenvalue weighted by Gasteiger charge is 2.31. The van der Waals surface area contributed by atoms with Crippen LogP contribution >= 0.6 is 11.6 Å². The molecule has 14 heavy (non-hydrogen) atoms.